The van der Waals surface area contributed by atoms with Crippen LogP contribution in [-0.2, 0) is 0 Å². The number of nitrogens with zero attached hydrogens (tertiary/aromatic N) is 2. The highest BCUT2D eigenvalue weighted by molar-refractivity contribution is 7.97. The molecule has 0 spiro atoms. The van der Waals surface area contributed by atoms with E-state index in [-0.39, 0.29) is 0 Å². The zero-order valence-electron chi connectivity index (χ0n) is 11.7. The van der Waals surface area contributed by atoms with Gasteiger partial charge in [-0.05, 0) is 48.3 Å². The van der Waals surface area contributed by atoms with E-state index in [0.717, 1.165) is 50.8 Å². The summed E-state index contributed by atoms with van der Waals surface area (Å²) in [5.41, 5.74) is 4.37. The van der Waals surface area contributed by atoms with Crippen molar-refractivity contribution < 1.29 is 4.74 Å². The molecule has 0 bridgehead atoms. The van der Waals surface area contributed by atoms with Gasteiger partial charge in [-0.3, -0.25) is 4.90 Å². The highest BCUT2D eigenvalue weighted by Gasteiger charge is 2.28. The summed E-state index contributed by atoms with van der Waals surface area (Å²) >= 11 is 1.86. The first kappa shape index (κ1) is 12.6. The highest BCUT2D eigenvalue weighted by atomic mass is 32.2. The Balaban J connectivity index is 1.43. The monoisotopic (exact) mass is 289 g/mol. The van der Waals surface area contributed by atoms with Gasteiger partial charge in [-0.25, -0.2) is 4.31 Å². The summed E-state index contributed by atoms with van der Waals surface area (Å²) in [5.74, 6) is 0.976. The van der Waals surface area contributed by atoms with Crippen LogP contribution < -0.4 is 10.1 Å². The van der Waals surface area contributed by atoms with Gasteiger partial charge in [0.1, 0.15) is 12.4 Å². The summed E-state index contributed by atoms with van der Waals surface area (Å²) in [6, 6.07) is 6.44. The molecule has 0 aromatic heterocycles. The lowest BCUT2D eigenvalue weighted by molar-refractivity contribution is 0.323. The SMILES string of the molecule is CN1CC2=C(C1)CN(Sc1ccc3c(c1)NCCO3)C2. The van der Waals surface area contributed by atoms with Crippen LogP contribution in [0.2, 0.25) is 0 Å². The number of ether oxygens (including phenoxy) is 1. The molecule has 3 heterocycles. The van der Waals surface area contributed by atoms with E-state index in [1.54, 1.807) is 11.1 Å². The molecule has 0 saturated carbocycles. The Kier molecular flexibility index (Phi) is 3.13. The van der Waals surface area contributed by atoms with Crippen molar-refractivity contribution in [2.24, 2.45) is 0 Å². The molecule has 5 heteroatoms. The topological polar surface area (TPSA) is 27.7 Å². The van der Waals surface area contributed by atoms with E-state index in [4.69, 9.17) is 4.74 Å². The molecule has 0 radical (unpaired) electrons. The molecule has 0 saturated heterocycles. The number of fused-ring (bicyclic) bond motifs is 1. The fourth-order valence-corrected chi connectivity index (χ4v) is 4.16. The molecule has 0 fully saturated rings. The first-order valence-corrected chi connectivity index (χ1v) is 7.87. The van der Waals surface area contributed by atoms with Crippen molar-refractivity contribution in [1.29, 1.82) is 0 Å². The number of nitrogens with one attached hydrogen (secondary N) is 1. The van der Waals surface area contributed by atoms with Crippen LogP contribution in [0.25, 0.3) is 0 Å². The van der Waals surface area contributed by atoms with E-state index in [9.17, 15) is 0 Å². The summed E-state index contributed by atoms with van der Waals surface area (Å²) in [5, 5.41) is 3.40. The molecular weight excluding hydrogens is 270 g/mol. The molecule has 20 heavy (non-hydrogen) atoms. The van der Waals surface area contributed by atoms with E-state index in [1.807, 2.05) is 11.9 Å². The minimum atomic E-state index is 0.760. The van der Waals surface area contributed by atoms with Crippen LogP contribution >= 0.6 is 11.9 Å². The first-order chi connectivity index (χ1) is 9.78. The number of likely N-dealkylation sites (N-methyl/N-ethyl adjacent to an activating group) is 1. The van der Waals surface area contributed by atoms with Gasteiger partial charge in [0.2, 0.25) is 0 Å². The molecule has 4 nitrogen and oxygen atoms in total. The summed E-state index contributed by atoms with van der Waals surface area (Å²) in [6.07, 6.45) is 0. The van der Waals surface area contributed by atoms with Crippen molar-refractivity contribution in [3.8, 4) is 5.75 Å². The van der Waals surface area contributed by atoms with E-state index in [2.05, 4.69) is 39.8 Å². The van der Waals surface area contributed by atoms with Crippen LogP contribution in [0.3, 0.4) is 0 Å². The molecule has 0 unspecified atom stereocenters. The number of hydrogen-bond acceptors (Lipinski definition) is 5. The van der Waals surface area contributed by atoms with Gasteiger partial charge in [-0.15, -0.1) is 0 Å². The average molecular weight is 289 g/mol. The van der Waals surface area contributed by atoms with Gasteiger partial charge >= 0.3 is 0 Å². The molecule has 4 rings (SSSR count). The summed E-state index contributed by atoms with van der Waals surface area (Å²) in [7, 11) is 2.20. The number of anilines is 1. The third kappa shape index (κ3) is 2.30. The lowest BCUT2D eigenvalue weighted by atomic mass is 10.2. The number of rotatable bonds is 2. The Morgan fingerprint density at radius 1 is 1.15 bits per heavy atom. The van der Waals surface area contributed by atoms with Crippen molar-refractivity contribution in [2.75, 3.05) is 51.7 Å². The molecule has 0 aliphatic carbocycles. The molecule has 3 aliphatic rings. The van der Waals surface area contributed by atoms with Crippen LogP contribution in [0.4, 0.5) is 5.69 Å². The lowest BCUT2D eigenvalue weighted by Crippen LogP contribution is -2.23. The largest absolute Gasteiger partial charge is 0.490 e. The third-order valence-electron chi connectivity index (χ3n) is 4.02. The maximum Gasteiger partial charge on any atom is 0.142 e. The van der Waals surface area contributed by atoms with E-state index in [0.29, 0.717) is 0 Å². The second-order valence-electron chi connectivity index (χ2n) is 5.70. The summed E-state index contributed by atoms with van der Waals surface area (Å²) < 4.78 is 8.08. The molecule has 1 N–H and O–H groups in total. The normalized spacial score (nSPS) is 22.4. The van der Waals surface area contributed by atoms with Crippen molar-refractivity contribution >= 4 is 17.6 Å². The van der Waals surface area contributed by atoms with Crippen LogP contribution in [0.1, 0.15) is 0 Å². The van der Waals surface area contributed by atoms with Crippen molar-refractivity contribution in [3.63, 3.8) is 0 Å². The van der Waals surface area contributed by atoms with Crippen LogP contribution in [-0.4, -0.2) is 55.6 Å². The Labute approximate surface area is 123 Å². The standard InChI is InChI=1S/C15H19N3OS/c1-17-7-11-9-18(10-12(11)8-17)20-13-2-3-15-14(6-13)16-4-5-19-15/h2-3,6,16H,4-5,7-10H2,1H3. The van der Waals surface area contributed by atoms with Gasteiger partial charge < -0.3 is 10.1 Å². The fourth-order valence-electron chi connectivity index (χ4n) is 3.13. The Hall–Kier alpha value is -1.17. The molecule has 0 atom stereocenters. The van der Waals surface area contributed by atoms with Crippen molar-refractivity contribution in [2.45, 2.75) is 4.90 Å². The molecule has 3 aliphatic heterocycles. The Morgan fingerprint density at radius 2 is 1.95 bits per heavy atom. The van der Waals surface area contributed by atoms with E-state index in [1.165, 1.54) is 4.90 Å². The van der Waals surface area contributed by atoms with Crippen LogP contribution in [0.5, 0.6) is 5.75 Å². The quantitative estimate of drug-likeness (QED) is 0.664. The Morgan fingerprint density at radius 3 is 2.75 bits per heavy atom. The van der Waals surface area contributed by atoms with Crippen molar-refractivity contribution in [3.05, 3.63) is 29.3 Å². The second-order valence-corrected chi connectivity index (χ2v) is 6.87. The first-order valence-electron chi connectivity index (χ1n) is 7.10. The summed E-state index contributed by atoms with van der Waals surface area (Å²) in [4.78, 5) is 3.68. The lowest BCUT2D eigenvalue weighted by Gasteiger charge is -2.22. The van der Waals surface area contributed by atoms with Gasteiger partial charge in [0.25, 0.3) is 0 Å². The molecule has 1 aromatic rings. The van der Waals surface area contributed by atoms with Gasteiger partial charge in [0, 0.05) is 37.6 Å². The molecule has 0 amide bonds. The molecule has 106 valence electrons. The van der Waals surface area contributed by atoms with E-state index < -0.39 is 0 Å². The van der Waals surface area contributed by atoms with Crippen LogP contribution in [0.15, 0.2) is 34.2 Å². The molecule has 1 aromatic carbocycles. The number of hydrogen-bond donors (Lipinski definition) is 1. The van der Waals surface area contributed by atoms with E-state index >= 15 is 0 Å². The minimum absolute atomic E-state index is 0.760. The number of benzene rings is 1. The maximum atomic E-state index is 5.62. The smallest absolute Gasteiger partial charge is 0.142 e. The van der Waals surface area contributed by atoms with Crippen LogP contribution in [0, 0.1) is 0 Å². The minimum Gasteiger partial charge on any atom is -0.490 e. The fraction of sp³-hybridized carbons (Fsp3) is 0.467. The maximum absolute atomic E-state index is 5.62. The predicted octanol–water partition coefficient (Wildman–Crippen LogP) is 2.06. The highest BCUT2D eigenvalue weighted by Crippen LogP contribution is 2.36. The summed E-state index contributed by atoms with van der Waals surface area (Å²) in [6.45, 7) is 6.15. The second kappa shape index (κ2) is 4.98. The third-order valence-corrected chi connectivity index (χ3v) is 5.00. The van der Waals surface area contributed by atoms with Gasteiger partial charge in [-0.2, -0.15) is 0 Å². The zero-order valence-corrected chi connectivity index (χ0v) is 12.5. The van der Waals surface area contributed by atoms with Gasteiger partial charge in [-0.1, -0.05) is 0 Å². The zero-order chi connectivity index (χ0) is 13.5. The Bertz CT molecular complexity index is 554. The van der Waals surface area contributed by atoms with Gasteiger partial charge in [0.15, 0.2) is 0 Å². The predicted molar refractivity (Wildman–Crippen MR) is 82.4 cm³/mol. The van der Waals surface area contributed by atoms with Gasteiger partial charge in [0.05, 0.1) is 5.69 Å². The molecular formula is C15H19N3OS. The van der Waals surface area contributed by atoms with Crippen molar-refractivity contribution in [1.82, 2.24) is 9.21 Å². The average Bonchev–Trinajstić information content (AvgIpc) is 2.95.